The Bertz CT molecular complexity index is 1590. The molecule has 202 valence electrons. The SMILES string of the molecule is O=C(/C=C/c1ccccc1)Nc1ccc(SC(C(=O)Nc2ccc(Oc3ccccc3)cc2)c2ccccc2)cc1. The van der Waals surface area contributed by atoms with Crippen molar-refractivity contribution < 1.29 is 14.3 Å². The number of para-hydroxylation sites is 1. The number of hydrogen-bond donors (Lipinski definition) is 2. The summed E-state index contributed by atoms with van der Waals surface area (Å²) in [6, 6.07) is 43.7. The van der Waals surface area contributed by atoms with Crippen molar-refractivity contribution in [3.8, 4) is 11.5 Å². The highest BCUT2D eigenvalue weighted by Crippen LogP contribution is 2.37. The van der Waals surface area contributed by atoms with E-state index in [4.69, 9.17) is 4.74 Å². The minimum Gasteiger partial charge on any atom is -0.457 e. The van der Waals surface area contributed by atoms with E-state index < -0.39 is 5.25 Å². The van der Waals surface area contributed by atoms with Gasteiger partial charge in [-0.15, -0.1) is 11.8 Å². The van der Waals surface area contributed by atoms with Crippen LogP contribution in [0.15, 0.2) is 150 Å². The maximum atomic E-state index is 13.5. The Balaban J connectivity index is 1.23. The van der Waals surface area contributed by atoms with Crippen LogP contribution in [0.3, 0.4) is 0 Å². The van der Waals surface area contributed by atoms with E-state index in [9.17, 15) is 9.59 Å². The second-order valence-electron chi connectivity index (χ2n) is 9.09. The molecule has 5 aromatic carbocycles. The fraction of sp³-hybridized carbons (Fsp3) is 0.0286. The van der Waals surface area contributed by atoms with Gasteiger partial charge in [0.15, 0.2) is 0 Å². The number of anilines is 2. The van der Waals surface area contributed by atoms with Gasteiger partial charge in [-0.2, -0.15) is 0 Å². The molecule has 0 saturated carbocycles. The van der Waals surface area contributed by atoms with Gasteiger partial charge in [0.05, 0.1) is 0 Å². The maximum Gasteiger partial charge on any atom is 0.248 e. The molecule has 2 N–H and O–H groups in total. The lowest BCUT2D eigenvalue weighted by atomic mass is 10.1. The van der Waals surface area contributed by atoms with Crippen LogP contribution in [0, 0.1) is 0 Å². The molecule has 0 heterocycles. The Morgan fingerprint density at radius 3 is 1.80 bits per heavy atom. The van der Waals surface area contributed by atoms with Crippen molar-refractivity contribution in [2.75, 3.05) is 10.6 Å². The summed E-state index contributed by atoms with van der Waals surface area (Å²) in [6.45, 7) is 0. The number of nitrogens with one attached hydrogen (secondary N) is 2. The van der Waals surface area contributed by atoms with Crippen LogP contribution in [-0.2, 0) is 9.59 Å². The third-order valence-electron chi connectivity index (χ3n) is 6.04. The van der Waals surface area contributed by atoms with Crippen molar-refractivity contribution in [3.63, 3.8) is 0 Å². The molecule has 0 spiro atoms. The lowest BCUT2D eigenvalue weighted by molar-refractivity contribution is -0.116. The van der Waals surface area contributed by atoms with Gasteiger partial charge in [0, 0.05) is 22.3 Å². The molecule has 0 bridgehead atoms. The van der Waals surface area contributed by atoms with Crippen LogP contribution in [0.5, 0.6) is 11.5 Å². The Hall–Kier alpha value is -5.07. The second-order valence-corrected chi connectivity index (χ2v) is 10.3. The van der Waals surface area contributed by atoms with E-state index in [1.165, 1.54) is 17.8 Å². The highest BCUT2D eigenvalue weighted by atomic mass is 32.2. The summed E-state index contributed by atoms with van der Waals surface area (Å²) < 4.78 is 5.85. The monoisotopic (exact) mass is 556 g/mol. The van der Waals surface area contributed by atoms with Crippen molar-refractivity contribution in [3.05, 3.63) is 157 Å². The lowest BCUT2D eigenvalue weighted by Gasteiger charge is -2.17. The predicted octanol–water partition coefficient (Wildman–Crippen LogP) is 8.60. The summed E-state index contributed by atoms with van der Waals surface area (Å²) >= 11 is 1.45. The number of thioether (sulfide) groups is 1. The Kier molecular flexibility index (Phi) is 9.27. The molecule has 0 aliphatic carbocycles. The molecule has 0 aliphatic heterocycles. The highest BCUT2D eigenvalue weighted by molar-refractivity contribution is 8.00. The first-order valence-corrected chi connectivity index (χ1v) is 14.0. The highest BCUT2D eigenvalue weighted by Gasteiger charge is 2.22. The van der Waals surface area contributed by atoms with E-state index >= 15 is 0 Å². The maximum absolute atomic E-state index is 13.5. The van der Waals surface area contributed by atoms with Gasteiger partial charge >= 0.3 is 0 Å². The average Bonchev–Trinajstić information content (AvgIpc) is 3.02. The summed E-state index contributed by atoms with van der Waals surface area (Å²) in [5.74, 6) is 1.09. The van der Waals surface area contributed by atoms with Crippen LogP contribution in [0.25, 0.3) is 6.08 Å². The Morgan fingerprint density at radius 2 is 1.15 bits per heavy atom. The van der Waals surface area contributed by atoms with Gasteiger partial charge in [0.2, 0.25) is 11.8 Å². The zero-order chi connectivity index (χ0) is 28.3. The molecule has 0 aromatic heterocycles. The molecule has 5 nitrogen and oxygen atoms in total. The van der Waals surface area contributed by atoms with E-state index in [1.807, 2.05) is 140 Å². The van der Waals surface area contributed by atoms with Gasteiger partial charge in [-0.25, -0.2) is 0 Å². The number of rotatable bonds is 10. The molecule has 1 atom stereocenters. The third kappa shape index (κ3) is 8.21. The van der Waals surface area contributed by atoms with Crippen LogP contribution in [0.2, 0.25) is 0 Å². The van der Waals surface area contributed by atoms with Crippen molar-refractivity contribution in [2.45, 2.75) is 10.1 Å². The van der Waals surface area contributed by atoms with Crippen molar-refractivity contribution in [2.24, 2.45) is 0 Å². The largest absolute Gasteiger partial charge is 0.457 e. The summed E-state index contributed by atoms with van der Waals surface area (Å²) in [4.78, 5) is 26.7. The first-order chi connectivity index (χ1) is 20.1. The minimum absolute atomic E-state index is 0.138. The number of carbonyl (C=O) groups excluding carboxylic acids is 2. The molecule has 0 saturated heterocycles. The van der Waals surface area contributed by atoms with E-state index in [2.05, 4.69) is 10.6 Å². The smallest absolute Gasteiger partial charge is 0.248 e. The van der Waals surface area contributed by atoms with Gasteiger partial charge in [-0.3, -0.25) is 9.59 Å². The van der Waals surface area contributed by atoms with Crippen molar-refractivity contribution in [1.82, 2.24) is 0 Å². The van der Waals surface area contributed by atoms with Crippen LogP contribution in [-0.4, -0.2) is 11.8 Å². The lowest BCUT2D eigenvalue weighted by Crippen LogP contribution is -2.19. The third-order valence-corrected chi connectivity index (χ3v) is 7.31. The molecule has 6 heteroatoms. The number of ether oxygens (including phenoxy) is 1. The average molecular weight is 557 g/mol. The molecular formula is C35H28N2O3S. The molecule has 0 radical (unpaired) electrons. The summed E-state index contributed by atoms with van der Waals surface area (Å²) in [5, 5.41) is 5.43. The standard InChI is InChI=1S/C35H28N2O3S/c38-33(25-16-26-10-4-1-5-11-26)36-28-19-23-32(24-20-28)41-34(27-12-6-2-7-13-27)35(39)37-29-17-21-31(22-18-29)40-30-14-8-3-9-15-30/h1-25,34H,(H,36,38)(H,37,39)/b25-16+. The fourth-order valence-electron chi connectivity index (χ4n) is 4.01. The zero-order valence-electron chi connectivity index (χ0n) is 22.1. The van der Waals surface area contributed by atoms with E-state index in [-0.39, 0.29) is 11.8 Å². The van der Waals surface area contributed by atoms with Gasteiger partial charge in [0.1, 0.15) is 16.7 Å². The van der Waals surface area contributed by atoms with Gasteiger partial charge < -0.3 is 15.4 Å². The van der Waals surface area contributed by atoms with Crippen molar-refractivity contribution >= 4 is 41.0 Å². The van der Waals surface area contributed by atoms with E-state index in [0.29, 0.717) is 17.1 Å². The number of amides is 2. The van der Waals surface area contributed by atoms with E-state index in [0.717, 1.165) is 21.8 Å². The van der Waals surface area contributed by atoms with Crippen LogP contribution in [0.1, 0.15) is 16.4 Å². The predicted molar refractivity (Wildman–Crippen MR) is 167 cm³/mol. The van der Waals surface area contributed by atoms with Gasteiger partial charge in [-0.1, -0.05) is 78.9 Å². The summed E-state index contributed by atoms with van der Waals surface area (Å²) in [6.07, 6.45) is 3.28. The number of hydrogen-bond acceptors (Lipinski definition) is 4. The number of benzene rings is 5. The van der Waals surface area contributed by atoms with Crippen LogP contribution < -0.4 is 15.4 Å². The zero-order valence-corrected chi connectivity index (χ0v) is 23.0. The summed E-state index contributed by atoms with van der Waals surface area (Å²) in [5.41, 5.74) is 3.20. The quantitative estimate of drug-likeness (QED) is 0.134. The second kappa shape index (κ2) is 13.8. The molecule has 41 heavy (non-hydrogen) atoms. The van der Waals surface area contributed by atoms with Crippen molar-refractivity contribution in [1.29, 1.82) is 0 Å². The Labute approximate surface area is 243 Å². The summed E-state index contributed by atoms with van der Waals surface area (Å²) in [7, 11) is 0. The molecule has 0 fully saturated rings. The molecule has 5 aromatic rings. The minimum atomic E-state index is -0.481. The first-order valence-electron chi connectivity index (χ1n) is 13.1. The van der Waals surface area contributed by atoms with Crippen LogP contribution >= 0.6 is 11.8 Å². The Morgan fingerprint density at radius 1 is 0.610 bits per heavy atom. The molecule has 0 aliphatic rings. The molecule has 2 amide bonds. The van der Waals surface area contributed by atoms with Crippen LogP contribution in [0.4, 0.5) is 11.4 Å². The van der Waals surface area contributed by atoms with E-state index in [1.54, 1.807) is 6.08 Å². The van der Waals surface area contributed by atoms with Gasteiger partial charge in [-0.05, 0) is 77.9 Å². The molecule has 5 rings (SSSR count). The fourth-order valence-corrected chi connectivity index (χ4v) is 5.04. The normalized spacial score (nSPS) is 11.5. The molecule has 1 unspecified atom stereocenters. The number of carbonyl (C=O) groups is 2. The van der Waals surface area contributed by atoms with Gasteiger partial charge in [0.25, 0.3) is 0 Å². The molecular weight excluding hydrogens is 528 g/mol. The topological polar surface area (TPSA) is 67.4 Å². The first kappa shape index (κ1) is 27.5.